The van der Waals surface area contributed by atoms with E-state index in [1.54, 1.807) is 0 Å². The summed E-state index contributed by atoms with van der Waals surface area (Å²) < 4.78 is 0. The molecule has 54 valence electrons. The molecule has 10 heavy (non-hydrogen) atoms. The summed E-state index contributed by atoms with van der Waals surface area (Å²) in [6.07, 6.45) is 8.64. The molecular weight excluding hydrogens is 124 g/mol. The summed E-state index contributed by atoms with van der Waals surface area (Å²) in [4.78, 5) is 0. The van der Waals surface area contributed by atoms with E-state index >= 15 is 0 Å². The third-order valence-corrected chi connectivity index (χ3v) is 1.44. The average Bonchev–Trinajstić information content (AvgIpc) is 2.05. The van der Waals surface area contributed by atoms with Gasteiger partial charge >= 0.3 is 0 Å². The van der Waals surface area contributed by atoms with Crippen LogP contribution in [0.3, 0.4) is 0 Å². The zero-order chi connectivity index (χ0) is 7.40. The third-order valence-electron chi connectivity index (χ3n) is 1.44. The normalized spacial score (nSPS) is 20.5. The van der Waals surface area contributed by atoms with Crippen LogP contribution in [-0.2, 0) is 0 Å². The minimum atomic E-state index is 0.889. The van der Waals surface area contributed by atoms with Crippen LogP contribution in [0.25, 0.3) is 0 Å². The Morgan fingerprint density at radius 1 is 1.60 bits per heavy atom. The molecule has 0 fully saturated rings. The lowest BCUT2D eigenvalue weighted by molar-refractivity contribution is 0.968. The highest BCUT2D eigenvalue weighted by atomic mass is 14.9. The van der Waals surface area contributed by atoms with Gasteiger partial charge in [0.1, 0.15) is 0 Å². The Labute approximate surface area is 61.1 Å². The fourth-order valence-electron chi connectivity index (χ4n) is 0.784. The first-order chi connectivity index (χ1) is 4.84. The molecule has 0 spiro atoms. The lowest BCUT2D eigenvalue weighted by Gasteiger charge is -2.08. The highest BCUT2D eigenvalue weighted by Crippen LogP contribution is 2.03. The van der Waals surface area contributed by atoms with Gasteiger partial charge in [-0.1, -0.05) is 13.0 Å². The van der Waals surface area contributed by atoms with Crippen molar-refractivity contribution in [3.8, 4) is 0 Å². The van der Waals surface area contributed by atoms with Crippen molar-refractivity contribution < 1.29 is 0 Å². The van der Waals surface area contributed by atoms with Crippen molar-refractivity contribution in [3.05, 3.63) is 35.8 Å². The summed E-state index contributed by atoms with van der Waals surface area (Å²) in [5.41, 5.74) is 7.60. The standard InChI is InChI=1S/C8H12N2/c1-2-7(9)8-5-3-4-6-10-8/h3-6,10H,2,9H2,1H3/b8-7-. The molecule has 0 saturated heterocycles. The van der Waals surface area contributed by atoms with Gasteiger partial charge in [-0.25, -0.2) is 0 Å². The first-order valence-electron chi connectivity index (χ1n) is 3.43. The first kappa shape index (κ1) is 6.93. The van der Waals surface area contributed by atoms with Crippen LogP contribution >= 0.6 is 0 Å². The molecule has 0 aromatic carbocycles. The van der Waals surface area contributed by atoms with Gasteiger partial charge in [-0.2, -0.15) is 0 Å². The zero-order valence-corrected chi connectivity index (χ0v) is 6.09. The number of nitrogens with one attached hydrogen (secondary N) is 1. The quantitative estimate of drug-likeness (QED) is 0.569. The molecule has 0 radical (unpaired) electrons. The van der Waals surface area contributed by atoms with Gasteiger partial charge in [0, 0.05) is 11.9 Å². The Kier molecular flexibility index (Phi) is 2.15. The molecule has 1 heterocycles. The maximum absolute atomic E-state index is 5.68. The first-order valence-corrected chi connectivity index (χ1v) is 3.43. The molecule has 0 aromatic rings. The number of dihydropyridines is 1. The molecule has 1 aliphatic heterocycles. The fraction of sp³-hybridized carbons (Fsp3) is 0.250. The lowest BCUT2D eigenvalue weighted by atomic mass is 10.2. The molecule has 3 N–H and O–H groups in total. The maximum atomic E-state index is 5.68. The van der Waals surface area contributed by atoms with Crippen LogP contribution in [0.4, 0.5) is 0 Å². The smallest absolute Gasteiger partial charge is 0.0570 e. The van der Waals surface area contributed by atoms with E-state index in [2.05, 4.69) is 5.32 Å². The van der Waals surface area contributed by atoms with Gasteiger partial charge in [0.15, 0.2) is 0 Å². The fourth-order valence-corrected chi connectivity index (χ4v) is 0.784. The molecule has 0 atom stereocenters. The van der Waals surface area contributed by atoms with E-state index in [9.17, 15) is 0 Å². The molecule has 0 saturated carbocycles. The molecule has 2 heteroatoms. The van der Waals surface area contributed by atoms with Crippen molar-refractivity contribution in [2.24, 2.45) is 5.73 Å². The Hall–Kier alpha value is -1.18. The van der Waals surface area contributed by atoms with Crippen molar-refractivity contribution in [1.29, 1.82) is 0 Å². The van der Waals surface area contributed by atoms with Gasteiger partial charge in [-0.3, -0.25) is 0 Å². The van der Waals surface area contributed by atoms with E-state index in [1.807, 2.05) is 31.4 Å². The van der Waals surface area contributed by atoms with E-state index in [-0.39, 0.29) is 0 Å². The monoisotopic (exact) mass is 136 g/mol. The number of rotatable bonds is 1. The van der Waals surface area contributed by atoms with Gasteiger partial charge in [0.05, 0.1) is 5.70 Å². The molecule has 0 aliphatic carbocycles. The van der Waals surface area contributed by atoms with Crippen LogP contribution in [0.2, 0.25) is 0 Å². The summed E-state index contributed by atoms with van der Waals surface area (Å²) in [7, 11) is 0. The molecule has 2 nitrogen and oxygen atoms in total. The van der Waals surface area contributed by atoms with Gasteiger partial charge in [-0.15, -0.1) is 0 Å². The van der Waals surface area contributed by atoms with Crippen LogP contribution in [-0.4, -0.2) is 0 Å². The Balaban J connectivity index is 2.74. The molecular formula is C8H12N2. The van der Waals surface area contributed by atoms with Crippen molar-refractivity contribution in [1.82, 2.24) is 5.32 Å². The molecule has 0 bridgehead atoms. The Bertz CT molecular complexity index is 199. The Morgan fingerprint density at radius 3 is 2.90 bits per heavy atom. The largest absolute Gasteiger partial charge is 0.400 e. The number of nitrogens with two attached hydrogens (primary N) is 1. The van der Waals surface area contributed by atoms with Crippen molar-refractivity contribution in [2.75, 3.05) is 0 Å². The summed E-state index contributed by atoms with van der Waals surface area (Å²) in [6, 6.07) is 0. The predicted octanol–water partition coefficient (Wildman–Crippen LogP) is 1.24. The second kappa shape index (κ2) is 3.11. The van der Waals surface area contributed by atoms with Crippen LogP contribution < -0.4 is 11.1 Å². The third kappa shape index (κ3) is 1.41. The van der Waals surface area contributed by atoms with E-state index in [1.165, 1.54) is 0 Å². The number of hydrogen-bond acceptors (Lipinski definition) is 2. The molecule has 1 rings (SSSR count). The van der Waals surface area contributed by atoms with Gasteiger partial charge in [-0.05, 0) is 18.6 Å². The minimum absolute atomic E-state index is 0.889. The summed E-state index contributed by atoms with van der Waals surface area (Å²) >= 11 is 0. The van der Waals surface area contributed by atoms with E-state index in [0.29, 0.717) is 0 Å². The van der Waals surface area contributed by atoms with Gasteiger partial charge < -0.3 is 11.1 Å². The Morgan fingerprint density at radius 2 is 2.40 bits per heavy atom. The predicted molar refractivity (Wildman–Crippen MR) is 42.9 cm³/mol. The zero-order valence-electron chi connectivity index (χ0n) is 6.09. The summed E-state index contributed by atoms with van der Waals surface area (Å²) in [5.74, 6) is 0. The summed E-state index contributed by atoms with van der Waals surface area (Å²) in [6.45, 7) is 2.04. The van der Waals surface area contributed by atoms with Crippen LogP contribution in [0.15, 0.2) is 35.8 Å². The van der Waals surface area contributed by atoms with Gasteiger partial charge in [0.25, 0.3) is 0 Å². The summed E-state index contributed by atoms with van der Waals surface area (Å²) in [5, 5.41) is 3.06. The van der Waals surface area contributed by atoms with E-state index in [4.69, 9.17) is 5.73 Å². The number of hydrogen-bond donors (Lipinski definition) is 2. The van der Waals surface area contributed by atoms with Crippen LogP contribution in [0.5, 0.6) is 0 Å². The molecule has 0 unspecified atom stereocenters. The highest BCUT2D eigenvalue weighted by Gasteiger charge is 1.96. The molecule has 1 aliphatic rings. The van der Waals surface area contributed by atoms with Crippen LogP contribution in [0, 0.1) is 0 Å². The average molecular weight is 136 g/mol. The topological polar surface area (TPSA) is 38.0 Å². The van der Waals surface area contributed by atoms with Crippen LogP contribution in [0.1, 0.15) is 13.3 Å². The SMILES string of the molecule is CC/C(N)=C1\C=CC=CN1. The van der Waals surface area contributed by atoms with E-state index in [0.717, 1.165) is 17.8 Å². The maximum Gasteiger partial charge on any atom is 0.0570 e. The van der Waals surface area contributed by atoms with E-state index < -0.39 is 0 Å². The molecule has 0 aromatic heterocycles. The van der Waals surface area contributed by atoms with Crippen molar-refractivity contribution in [2.45, 2.75) is 13.3 Å². The minimum Gasteiger partial charge on any atom is -0.400 e. The van der Waals surface area contributed by atoms with Gasteiger partial charge in [0.2, 0.25) is 0 Å². The second-order valence-corrected chi connectivity index (χ2v) is 2.16. The highest BCUT2D eigenvalue weighted by molar-refractivity contribution is 5.29. The number of allylic oxidation sites excluding steroid dienone is 4. The van der Waals surface area contributed by atoms with Crippen molar-refractivity contribution >= 4 is 0 Å². The second-order valence-electron chi connectivity index (χ2n) is 2.16. The van der Waals surface area contributed by atoms with Crippen molar-refractivity contribution in [3.63, 3.8) is 0 Å². The molecule has 0 amide bonds. The lowest BCUT2D eigenvalue weighted by Crippen LogP contribution is -2.12.